The standard InChI is InChI=1S/C14H17ClN4/c1-4-19(12-8-6-5-7-10(12)2)13-11(15)9-17-14(16-3)18-13/h5-9H,4H2,1-3H3,(H,16,17,18). The molecule has 1 aromatic heterocycles. The lowest BCUT2D eigenvalue weighted by molar-refractivity contribution is 0.971. The SMILES string of the molecule is CCN(c1ccccc1C)c1nc(NC)ncc1Cl. The second kappa shape index (κ2) is 5.89. The number of benzene rings is 1. The number of nitrogens with one attached hydrogen (secondary N) is 1. The first-order chi connectivity index (χ1) is 9.17. The van der Waals surface area contributed by atoms with E-state index in [2.05, 4.69) is 46.2 Å². The Hall–Kier alpha value is -1.81. The summed E-state index contributed by atoms with van der Waals surface area (Å²) in [7, 11) is 1.79. The van der Waals surface area contributed by atoms with Gasteiger partial charge in [-0.25, -0.2) is 4.98 Å². The molecule has 1 N–H and O–H groups in total. The fraction of sp³-hybridized carbons (Fsp3) is 0.286. The predicted octanol–water partition coefficient (Wildman–Crippen LogP) is 3.64. The van der Waals surface area contributed by atoms with Gasteiger partial charge in [-0.1, -0.05) is 29.8 Å². The molecule has 0 saturated heterocycles. The van der Waals surface area contributed by atoms with Crippen LogP contribution in [0.15, 0.2) is 30.5 Å². The number of para-hydroxylation sites is 1. The van der Waals surface area contributed by atoms with Crippen molar-refractivity contribution in [1.82, 2.24) is 9.97 Å². The molecule has 0 spiro atoms. The van der Waals surface area contributed by atoms with Crippen LogP contribution in [0, 0.1) is 6.92 Å². The van der Waals surface area contributed by atoms with Gasteiger partial charge < -0.3 is 10.2 Å². The molecule has 100 valence electrons. The minimum absolute atomic E-state index is 0.545. The van der Waals surface area contributed by atoms with Crippen LogP contribution in [-0.2, 0) is 0 Å². The molecule has 1 heterocycles. The van der Waals surface area contributed by atoms with Gasteiger partial charge in [0.2, 0.25) is 5.95 Å². The fourth-order valence-corrected chi connectivity index (χ4v) is 2.16. The van der Waals surface area contributed by atoms with Gasteiger partial charge >= 0.3 is 0 Å². The first-order valence-electron chi connectivity index (χ1n) is 6.20. The molecule has 4 nitrogen and oxygen atoms in total. The van der Waals surface area contributed by atoms with Crippen molar-refractivity contribution >= 4 is 29.1 Å². The molecular weight excluding hydrogens is 260 g/mol. The highest BCUT2D eigenvalue weighted by molar-refractivity contribution is 6.33. The maximum absolute atomic E-state index is 6.23. The average Bonchev–Trinajstić information content (AvgIpc) is 2.43. The van der Waals surface area contributed by atoms with E-state index >= 15 is 0 Å². The van der Waals surface area contributed by atoms with E-state index in [0.717, 1.165) is 18.1 Å². The highest BCUT2D eigenvalue weighted by Gasteiger charge is 2.15. The number of aryl methyl sites for hydroxylation is 1. The summed E-state index contributed by atoms with van der Waals surface area (Å²) < 4.78 is 0. The molecule has 0 saturated carbocycles. The van der Waals surface area contributed by atoms with Crippen LogP contribution in [0.1, 0.15) is 12.5 Å². The normalized spacial score (nSPS) is 10.3. The van der Waals surface area contributed by atoms with E-state index in [4.69, 9.17) is 11.6 Å². The lowest BCUT2D eigenvalue weighted by Crippen LogP contribution is -2.19. The van der Waals surface area contributed by atoms with Crippen LogP contribution in [0.5, 0.6) is 0 Å². The second-order valence-corrected chi connectivity index (χ2v) is 4.55. The van der Waals surface area contributed by atoms with Gasteiger partial charge in [0.15, 0.2) is 5.82 Å². The molecule has 0 aliphatic carbocycles. The van der Waals surface area contributed by atoms with Gasteiger partial charge in [0, 0.05) is 19.3 Å². The number of hydrogen-bond acceptors (Lipinski definition) is 4. The third kappa shape index (κ3) is 2.79. The smallest absolute Gasteiger partial charge is 0.224 e. The zero-order chi connectivity index (χ0) is 13.8. The summed E-state index contributed by atoms with van der Waals surface area (Å²) in [4.78, 5) is 10.6. The van der Waals surface area contributed by atoms with E-state index in [-0.39, 0.29) is 0 Å². The van der Waals surface area contributed by atoms with Crippen LogP contribution >= 0.6 is 11.6 Å². The van der Waals surface area contributed by atoms with Crippen LogP contribution in [0.3, 0.4) is 0 Å². The van der Waals surface area contributed by atoms with Gasteiger partial charge in [-0.3, -0.25) is 0 Å². The Balaban J connectivity index is 2.51. The highest BCUT2D eigenvalue weighted by atomic mass is 35.5. The van der Waals surface area contributed by atoms with Crippen molar-refractivity contribution in [3.05, 3.63) is 41.0 Å². The third-order valence-corrected chi connectivity index (χ3v) is 3.19. The lowest BCUT2D eigenvalue weighted by atomic mass is 10.2. The fourth-order valence-electron chi connectivity index (χ4n) is 1.97. The first-order valence-corrected chi connectivity index (χ1v) is 6.58. The Labute approximate surface area is 118 Å². The number of hydrogen-bond donors (Lipinski definition) is 1. The maximum atomic E-state index is 6.23. The van der Waals surface area contributed by atoms with Crippen molar-refractivity contribution in [3.63, 3.8) is 0 Å². The molecule has 0 aliphatic heterocycles. The molecule has 5 heteroatoms. The van der Waals surface area contributed by atoms with E-state index in [0.29, 0.717) is 11.0 Å². The minimum atomic E-state index is 0.545. The molecular formula is C14H17ClN4. The molecule has 0 radical (unpaired) electrons. The quantitative estimate of drug-likeness (QED) is 0.926. The van der Waals surface area contributed by atoms with Crippen molar-refractivity contribution in [2.75, 3.05) is 23.8 Å². The van der Waals surface area contributed by atoms with E-state index in [9.17, 15) is 0 Å². The second-order valence-electron chi connectivity index (χ2n) is 4.15. The molecule has 0 bridgehead atoms. The summed E-state index contributed by atoms with van der Waals surface area (Å²) in [5.41, 5.74) is 2.29. The first kappa shape index (κ1) is 13.6. The van der Waals surface area contributed by atoms with E-state index in [1.807, 2.05) is 12.1 Å². The van der Waals surface area contributed by atoms with Crippen molar-refractivity contribution in [1.29, 1.82) is 0 Å². The Bertz CT molecular complexity index is 571. The number of aromatic nitrogens is 2. The van der Waals surface area contributed by atoms with E-state index < -0.39 is 0 Å². The Kier molecular flexibility index (Phi) is 4.22. The minimum Gasteiger partial charge on any atom is -0.357 e. The van der Waals surface area contributed by atoms with Crippen LogP contribution in [0.4, 0.5) is 17.5 Å². The summed E-state index contributed by atoms with van der Waals surface area (Å²) in [6, 6.07) is 8.18. The van der Waals surface area contributed by atoms with Gasteiger partial charge in [-0.15, -0.1) is 0 Å². The van der Waals surface area contributed by atoms with Crippen LogP contribution < -0.4 is 10.2 Å². The summed E-state index contributed by atoms with van der Waals surface area (Å²) in [6.45, 7) is 4.93. The predicted molar refractivity (Wildman–Crippen MR) is 80.4 cm³/mol. The topological polar surface area (TPSA) is 41.1 Å². The van der Waals surface area contributed by atoms with E-state index in [1.54, 1.807) is 13.2 Å². The number of anilines is 3. The molecule has 0 atom stereocenters. The molecule has 0 unspecified atom stereocenters. The maximum Gasteiger partial charge on any atom is 0.224 e. The monoisotopic (exact) mass is 276 g/mol. The zero-order valence-corrected chi connectivity index (χ0v) is 12.1. The van der Waals surface area contributed by atoms with Gasteiger partial charge in [0.25, 0.3) is 0 Å². The lowest BCUT2D eigenvalue weighted by Gasteiger charge is -2.24. The largest absolute Gasteiger partial charge is 0.357 e. The molecule has 2 aromatic rings. The zero-order valence-electron chi connectivity index (χ0n) is 11.3. The molecule has 19 heavy (non-hydrogen) atoms. The summed E-state index contributed by atoms with van der Waals surface area (Å²) in [5.74, 6) is 1.28. The van der Waals surface area contributed by atoms with Gasteiger partial charge in [-0.2, -0.15) is 4.98 Å². The molecule has 1 aromatic carbocycles. The van der Waals surface area contributed by atoms with Crippen LogP contribution in [0.2, 0.25) is 5.02 Å². The molecule has 0 fully saturated rings. The average molecular weight is 277 g/mol. The molecule has 0 aliphatic rings. The number of rotatable bonds is 4. The van der Waals surface area contributed by atoms with Gasteiger partial charge in [0.05, 0.1) is 6.20 Å². The Morgan fingerprint density at radius 1 is 1.32 bits per heavy atom. The van der Waals surface area contributed by atoms with Crippen LogP contribution in [0.25, 0.3) is 0 Å². The van der Waals surface area contributed by atoms with E-state index in [1.165, 1.54) is 5.56 Å². The van der Waals surface area contributed by atoms with Gasteiger partial charge in [-0.05, 0) is 25.5 Å². The number of halogens is 1. The summed E-state index contributed by atoms with van der Waals surface area (Å²) in [5, 5.41) is 3.48. The van der Waals surface area contributed by atoms with Crippen molar-refractivity contribution < 1.29 is 0 Å². The number of nitrogens with zero attached hydrogens (tertiary/aromatic N) is 3. The Morgan fingerprint density at radius 2 is 2.05 bits per heavy atom. The third-order valence-electron chi connectivity index (χ3n) is 2.93. The molecule has 0 amide bonds. The Morgan fingerprint density at radius 3 is 2.68 bits per heavy atom. The summed E-state index contributed by atoms with van der Waals surface area (Å²) in [6.07, 6.45) is 1.62. The summed E-state index contributed by atoms with van der Waals surface area (Å²) >= 11 is 6.23. The van der Waals surface area contributed by atoms with Gasteiger partial charge in [0.1, 0.15) is 5.02 Å². The van der Waals surface area contributed by atoms with Crippen molar-refractivity contribution in [3.8, 4) is 0 Å². The van der Waals surface area contributed by atoms with Crippen molar-refractivity contribution in [2.45, 2.75) is 13.8 Å². The van der Waals surface area contributed by atoms with Crippen LogP contribution in [-0.4, -0.2) is 23.6 Å². The van der Waals surface area contributed by atoms with Crippen molar-refractivity contribution in [2.24, 2.45) is 0 Å². The molecule has 2 rings (SSSR count). The highest BCUT2D eigenvalue weighted by Crippen LogP contribution is 2.31.